The van der Waals surface area contributed by atoms with E-state index < -0.39 is 5.97 Å². The zero-order chi connectivity index (χ0) is 13.8. The van der Waals surface area contributed by atoms with Gasteiger partial charge in [0.1, 0.15) is 0 Å². The smallest absolute Gasteiger partial charge is 0.338 e. The van der Waals surface area contributed by atoms with Crippen molar-refractivity contribution in [1.29, 1.82) is 5.26 Å². The van der Waals surface area contributed by atoms with E-state index in [0.717, 1.165) is 12.8 Å². The number of esters is 1. The highest BCUT2D eigenvalue weighted by atomic mass is 16.5. The van der Waals surface area contributed by atoms with Gasteiger partial charge in [0.15, 0.2) is 0 Å². The fourth-order valence-electron chi connectivity index (χ4n) is 1.64. The summed E-state index contributed by atoms with van der Waals surface area (Å²) in [5.41, 5.74) is 0.474. The van der Waals surface area contributed by atoms with Gasteiger partial charge in [-0.25, -0.2) is 4.79 Å². The van der Waals surface area contributed by atoms with Gasteiger partial charge in [0, 0.05) is 0 Å². The molecule has 0 aliphatic heterocycles. The van der Waals surface area contributed by atoms with Crippen molar-refractivity contribution >= 4 is 5.97 Å². The quantitative estimate of drug-likeness (QED) is 0.205. The molecule has 0 amide bonds. The topological polar surface area (TPSA) is 50.1 Å². The molecule has 0 aliphatic carbocycles. The normalized spacial score (nSPS) is 10.8. The predicted octanol–water partition coefficient (Wildman–Crippen LogP) is 3.92. The third-order valence-electron chi connectivity index (χ3n) is 2.78. The van der Waals surface area contributed by atoms with Crippen LogP contribution in [0.1, 0.15) is 51.9 Å². The Hall–Kier alpha value is -1.56. The maximum absolute atomic E-state index is 11.2. The largest absolute Gasteiger partial charge is 0.465 e. The lowest BCUT2D eigenvalue weighted by atomic mass is 10.1. The molecule has 0 spiro atoms. The predicted molar refractivity (Wildman–Crippen MR) is 72.8 cm³/mol. The lowest BCUT2D eigenvalue weighted by Gasteiger charge is -2.02. The Labute approximate surface area is 110 Å². The van der Waals surface area contributed by atoms with E-state index in [0.29, 0.717) is 5.57 Å². The molecular weight excluding hydrogens is 226 g/mol. The Morgan fingerprint density at radius 3 is 2.44 bits per heavy atom. The number of nitrogens with zero attached hydrogens (tertiary/aromatic N) is 1. The lowest BCUT2D eigenvalue weighted by Crippen LogP contribution is -2.05. The van der Waals surface area contributed by atoms with Crippen LogP contribution in [0.3, 0.4) is 0 Å². The van der Waals surface area contributed by atoms with Crippen molar-refractivity contribution in [2.45, 2.75) is 51.9 Å². The Morgan fingerprint density at radius 1 is 1.28 bits per heavy atom. The standard InChI is InChI=1S/C15H23NO2/c1-4-5-6-7-8-9-10-11-14(12-16)13(2)15(17)18-3/h11H,2,4-10H2,1,3H3/b14-11+. The van der Waals surface area contributed by atoms with Gasteiger partial charge in [-0.05, 0) is 12.8 Å². The number of carbonyl (C=O) groups excluding carboxylic acids is 1. The minimum Gasteiger partial charge on any atom is -0.465 e. The Morgan fingerprint density at radius 2 is 1.89 bits per heavy atom. The molecule has 0 fully saturated rings. The Bertz CT molecular complexity index is 337. The molecule has 0 atom stereocenters. The highest BCUT2D eigenvalue weighted by Gasteiger charge is 2.11. The summed E-state index contributed by atoms with van der Waals surface area (Å²) in [7, 11) is 1.29. The SMILES string of the molecule is C=C(C(=O)OC)/C(C#N)=C/CCCCCCCC. The second-order valence-corrected chi connectivity index (χ2v) is 4.26. The molecule has 0 saturated heterocycles. The molecule has 0 heterocycles. The number of rotatable bonds is 9. The van der Waals surface area contributed by atoms with Gasteiger partial charge in [-0.3, -0.25) is 0 Å². The zero-order valence-corrected chi connectivity index (χ0v) is 11.5. The molecule has 100 valence electrons. The number of methoxy groups -OCH3 is 1. The van der Waals surface area contributed by atoms with Crippen molar-refractivity contribution in [3.05, 3.63) is 23.8 Å². The van der Waals surface area contributed by atoms with Crippen LogP contribution >= 0.6 is 0 Å². The summed E-state index contributed by atoms with van der Waals surface area (Å²) >= 11 is 0. The molecular formula is C15H23NO2. The van der Waals surface area contributed by atoms with E-state index >= 15 is 0 Å². The fourth-order valence-corrected chi connectivity index (χ4v) is 1.64. The van der Waals surface area contributed by atoms with Crippen LogP contribution < -0.4 is 0 Å². The molecule has 3 heteroatoms. The molecule has 0 N–H and O–H groups in total. The second kappa shape index (κ2) is 10.6. The highest BCUT2D eigenvalue weighted by molar-refractivity contribution is 5.93. The van der Waals surface area contributed by atoms with E-state index in [1.165, 1.54) is 39.2 Å². The van der Waals surface area contributed by atoms with Crippen molar-refractivity contribution in [2.75, 3.05) is 7.11 Å². The Kier molecular flexibility index (Phi) is 9.67. The van der Waals surface area contributed by atoms with Crippen molar-refractivity contribution < 1.29 is 9.53 Å². The van der Waals surface area contributed by atoms with E-state index in [2.05, 4.69) is 18.2 Å². The van der Waals surface area contributed by atoms with Crippen LogP contribution in [0.25, 0.3) is 0 Å². The summed E-state index contributed by atoms with van der Waals surface area (Å²) in [6, 6.07) is 1.99. The third-order valence-corrected chi connectivity index (χ3v) is 2.78. The molecule has 0 aromatic carbocycles. The first kappa shape index (κ1) is 16.4. The van der Waals surface area contributed by atoms with Gasteiger partial charge in [-0.15, -0.1) is 0 Å². The number of ether oxygens (including phenoxy) is 1. The first-order valence-corrected chi connectivity index (χ1v) is 6.55. The van der Waals surface area contributed by atoms with Crippen molar-refractivity contribution in [3.63, 3.8) is 0 Å². The molecule has 0 aromatic heterocycles. The third kappa shape index (κ3) is 6.90. The first-order valence-electron chi connectivity index (χ1n) is 6.55. The van der Waals surface area contributed by atoms with Crippen LogP contribution in [-0.2, 0) is 9.53 Å². The van der Waals surface area contributed by atoms with Gasteiger partial charge >= 0.3 is 5.97 Å². The monoisotopic (exact) mass is 249 g/mol. The molecule has 3 nitrogen and oxygen atoms in total. The Balaban J connectivity index is 3.96. The summed E-state index contributed by atoms with van der Waals surface area (Å²) in [5, 5.41) is 8.93. The molecule has 0 bridgehead atoms. The van der Waals surface area contributed by atoms with E-state index in [1.807, 2.05) is 6.07 Å². The summed E-state index contributed by atoms with van der Waals surface area (Å²) in [4.78, 5) is 11.2. The van der Waals surface area contributed by atoms with Crippen LogP contribution in [-0.4, -0.2) is 13.1 Å². The van der Waals surface area contributed by atoms with E-state index in [4.69, 9.17) is 5.26 Å². The maximum atomic E-state index is 11.2. The number of allylic oxidation sites excluding steroid dienone is 1. The van der Waals surface area contributed by atoms with Crippen molar-refractivity contribution in [1.82, 2.24) is 0 Å². The minimum atomic E-state index is -0.536. The molecule has 0 saturated carbocycles. The van der Waals surface area contributed by atoms with Gasteiger partial charge in [0.2, 0.25) is 0 Å². The number of unbranched alkanes of at least 4 members (excludes halogenated alkanes) is 6. The minimum absolute atomic E-state index is 0.144. The van der Waals surface area contributed by atoms with E-state index in [1.54, 1.807) is 6.08 Å². The first-order chi connectivity index (χ1) is 8.67. The van der Waals surface area contributed by atoms with E-state index in [-0.39, 0.29) is 5.57 Å². The van der Waals surface area contributed by atoms with Gasteiger partial charge in [0.25, 0.3) is 0 Å². The van der Waals surface area contributed by atoms with Crippen LogP contribution in [0.5, 0.6) is 0 Å². The van der Waals surface area contributed by atoms with Gasteiger partial charge in [0.05, 0.1) is 24.3 Å². The highest BCUT2D eigenvalue weighted by Crippen LogP contribution is 2.12. The van der Waals surface area contributed by atoms with Crippen LogP contribution in [0, 0.1) is 11.3 Å². The summed E-state index contributed by atoms with van der Waals surface area (Å²) in [6.45, 7) is 5.77. The van der Waals surface area contributed by atoms with E-state index in [9.17, 15) is 4.79 Å². The fraction of sp³-hybridized carbons (Fsp3) is 0.600. The molecule has 0 radical (unpaired) electrons. The van der Waals surface area contributed by atoms with Gasteiger partial charge in [-0.2, -0.15) is 5.26 Å². The van der Waals surface area contributed by atoms with Crippen LogP contribution in [0.4, 0.5) is 0 Å². The van der Waals surface area contributed by atoms with Gasteiger partial charge in [-0.1, -0.05) is 51.7 Å². The summed E-state index contributed by atoms with van der Waals surface area (Å²) in [5.74, 6) is -0.536. The second-order valence-electron chi connectivity index (χ2n) is 4.26. The molecule has 0 rings (SSSR count). The zero-order valence-electron chi connectivity index (χ0n) is 11.5. The average molecular weight is 249 g/mol. The number of hydrogen-bond acceptors (Lipinski definition) is 3. The summed E-state index contributed by atoms with van der Waals surface area (Å²) < 4.78 is 4.54. The van der Waals surface area contributed by atoms with Crippen molar-refractivity contribution in [3.8, 4) is 6.07 Å². The molecule has 0 unspecified atom stereocenters. The number of carbonyl (C=O) groups is 1. The van der Waals surface area contributed by atoms with Crippen LogP contribution in [0.2, 0.25) is 0 Å². The van der Waals surface area contributed by atoms with Crippen molar-refractivity contribution in [2.24, 2.45) is 0 Å². The van der Waals surface area contributed by atoms with Crippen LogP contribution in [0.15, 0.2) is 23.8 Å². The molecule has 18 heavy (non-hydrogen) atoms. The maximum Gasteiger partial charge on any atom is 0.338 e. The van der Waals surface area contributed by atoms with Gasteiger partial charge < -0.3 is 4.74 Å². The number of nitriles is 1. The summed E-state index contributed by atoms with van der Waals surface area (Å²) in [6.07, 6.45) is 9.85. The number of hydrogen-bond donors (Lipinski definition) is 0. The molecule has 0 aromatic rings. The average Bonchev–Trinajstić information content (AvgIpc) is 2.40. The molecule has 0 aliphatic rings. The lowest BCUT2D eigenvalue weighted by molar-refractivity contribution is -0.135.